The Morgan fingerprint density at radius 2 is 1.76 bits per heavy atom. The minimum Gasteiger partial charge on any atom is -0.334 e. The third-order valence-corrected chi connectivity index (χ3v) is 8.11. The van der Waals surface area contributed by atoms with Gasteiger partial charge in [-0.1, -0.05) is 54.1 Å². The highest BCUT2D eigenvalue weighted by Gasteiger charge is 2.35. The zero-order valence-corrected chi connectivity index (χ0v) is 22.9. The monoisotopic (exact) mass is 590 g/mol. The van der Waals surface area contributed by atoms with Crippen LogP contribution in [0, 0.1) is 5.92 Å². The molecule has 3 N–H and O–H groups in total. The molecule has 1 amide bonds. The highest BCUT2D eigenvalue weighted by molar-refractivity contribution is 9.10. The summed E-state index contributed by atoms with van der Waals surface area (Å²) in [5.74, 6) is 1.10. The van der Waals surface area contributed by atoms with Gasteiger partial charge in [0.15, 0.2) is 5.78 Å². The first kappa shape index (κ1) is 25.3. The zero-order chi connectivity index (χ0) is 24.4. The van der Waals surface area contributed by atoms with E-state index < -0.39 is 6.04 Å². The van der Waals surface area contributed by atoms with Crippen molar-refractivity contribution in [2.75, 3.05) is 11.9 Å². The summed E-state index contributed by atoms with van der Waals surface area (Å²) in [5, 5.41) is 0.384. The van der Waals surface area contributed by atoms with E-state index in [9.17, 15) is 9.59 Å². The number of carbonyl (C=O) groups excluding carboxylic acids is 2. The summed E-state index contributed by atoms with van der Waals surface area (Å²) in [6.45, 7) is 4.68. The molecule has 6 nitrogen and oxygen atoms in total. The number of nitrogens with two attached hydrogens (primary N) is 1. The van der Waals surface area contributed by atoms with E-state index in [-0.39, 0.29) is 23.7 Å². The van der Waals surface area contributed by atoms with Crippen LogP contribution in [0.2, 0.25) is 0 Å². The maximum Gasteiger partial charge on any atom is 0.240 e. The van der Waals surface area contributed by atoms with Gasteiger partial charge in [0, 0.05) is 6.54 Å². The lowest BCUT2D eigenvalue weighted by Crippen LogP contribution is -2.46. The molecule has 8 heteroatoms. The maximum absolute atomic E-state index is 12.9. The standard InChI is InChI=1S/C26H32Br2N4O2/c1-15(2)22(29)26(34)32-13-3-4-20(32)25-30-23(24(28)31-25)19-11-7-17(8-12-19)16-5-9-18(10-6-16)21(33)14-27/h5,7,9,11,15,20,22H,3-4,6,8,10,12-14,29H2,1-2H3,(H,30,31). The van der Waals surface area contributed by atoms with E-state index in [0.717, 1.165) is 66.8 Å². The Morgan fingerprint density at radius 1 is 1.12 bits per heavy atom. The second-order valence-electron chi connectivity index (χ2n) is 9.57. The van der Waals surface area contributed by atoms with Crippen molar-refractivity contribution in [3.05, 3.63) is 57.1 Å². The number of likely N-dealkylation sites (tertiary alicyclic amines) is 1. The average Bonchev–Trinajstić information content (AvgIpc) is 3.49. The Hall–Kier alpha value is -1.77. The minimum absolute atomic E-state index is 0.00632. The van der Waals surface area contributed by atoms with Crippen LogP contribution in [0.4, 0.5) is 0 Å². The van der Waals surface area contributed by atoms with Crippen LogP contribution in [0.3, 0.4) is 0 Å². The topological polar surface area (TPSA) is 92.1 Å². The second kappa shape index (κ2) is 10.9. The number of nitrogens with zero attached hydrogens (tertiary/aromatic N) is 2. The molecule has 0 bridgehead atoms. The Bertz CT molecular complexity index is 1100. The molecule has 1 aromatic rings. The molecule has 2 aliphatic carbocycles. The van der Waals surface area contributed by atoms with Gasteiger partial charge in [0.2, 0.25) is 5.91 Å². The number of allylic oxidation sites excluding steroid dienone is 8. The number of Topliss-reactive ketones (excluding diaryl/α,β-unsaturated/α-hetero) is 1. The first-order chi connectivity index (χ1) is 16.3. The molecule has 0 aromatic carbocycles. The summed E-state index contributed by atoms with van der Waals surface area (Å²) < 4.78 is 0.857. The third kappa shape index (κ3) is 5.24. The van der Waals surface area contributed by atoms with E-state index >= 15 is 0 Å². The van der Waals surface area contributed by atoms with Gasteiger partial charge in [0.1, 0.15) is 10.4 Å². The van der Waals surface area contributed by atoms with Crippen LogP contribution in [-0.2, 0) is 9.59 Å². The number of rotatable bonds is 7. The normalized spacial score (nSPS) is 21.7. The van der Waals surface area contributed by atoms with Crippen LogP contribution >= 0.6 is 31.9 Å². The number of hydrogen-bond acceptors (Lipinski definition) is 4. The quantitative estimate of drug-likeness (QED) is 0.408. The van der Waals surface area contributed by atoms with Crippen LogP contribution in [0.15, 0.2) is 45.6 Å². The minimum atomic E-state index is -0.485. The van der Waals surface area contributed by atoms with Crippen LogP contribution in [0.25, 0.3) is 5.57 Å². The summed E-state index contributed by atoms with van der Waals surface area (Å²) >= 11 is 6.92. The van der Waals surface area contributed by atoms with Crippen molar-refractivity contribution in [3.8, 4) is 0 Å². The average molecular weight is 592 g/mol. The lowest BCUT2D eigenvalue weighted by Gasteiger charge is -2.27. The number of aromatic amines is 1. The van der Waals surface area contributed by atoms with E-state index in [4.69, 9.17) is 10.7 Å². The van der Waals surface area contributed by atoms with Gasteiger partial charge < -0.3 is 15.6 Å². The van der Waals surface area contributed by atoms with E-state index in [1.807, 2.05) is 24.8 Å². The van der Waals surface area contributed by atoms with E-state index in [2.05, 4.69) is 55.1 Å². The lowest BCUT2D eigenvalue weighted by molar-refractivity contribution is -0.134. The van der Waals surface area contributed by atoms with Gasteiger partial charge in [-0.15, -0.1) is 0 Å². The Morgan fingerprint density at radius 3 is 2.35 bits per heavy atom. The SMILES string of the molecule is CC(C)C(N)C(=O)N1CCCC1c1nc(C2=CC=C(C3=CC=C(C(=O)CBr)CC3)CC2)c(Br)[nH]1. The van der Waals surface area contributed by atoms with Crippen LogP contribution in [0.1, 0.15) is 69.9 Å². The molecule has 2 atom stereocenters. The summed E-state index contributed by atoms with van der Waals surface area (Å²) in [5.41, 5.74) is 11.8. The molecule has 0 saturated carbocycles. The van der Waals surface area contributed by atoms with Gasteiger partial charge in [-0.2, -0.15) is 0 Å². The fourth-order valence-corrected chi connectivity index (χ4v) is 5.76. The van der Waals surface area contributed by atoms with E-state index in [0.29, 0.717) is 5.33 Å². The van der Waals surface area contributed by atoms with E-state index in [1.54, 1.807) is 0 Å². The Labute approximate surface area is 218 Å². The predicted molar refractivity (Wildman–Crippen MR) is 142 cm³/mol. The van der Waals surface area contributed by atoms with Gasteiger partial charge in [-0.25, -0.2) is 4.98 Å². The molecular formula is C26H32Br2N4O2. The maximum atomic E-state index is 12.9. The second-order valence-corrected chi connectivity index (χ2v) is 10.9. The van der Waals surface area contributed by atoms with Crippen LogP contribution < -0.4 is 5.73 Å². The molecule has 0 radical (unpaired) electrons. The van der Waals surface area contributed by atoms with Crippen molar-refractivity contribution < 1.29 is 9.59 Å². The molecule has 2 heterocycles. The van der Waals surface area contributed by atoms with Crippen LogP contribution in [0.5, 0.6) is 0 Å². The summed E-state index contributed by atoms with van der Waals surface area (Å²) in [7, 11) is 0. The Kier molecular flexibility index (Phi) is 8.10. The van der Waals surface area contributed by atoms with Crippen molar-refractivity contribution >= 4 is 49.1 Å². The van der Waals surface area contributed by atoms with Gasteiger partial charge in [-0.3, -0.25) is 9.59 Å². The summed E-state index contributed by atoms with van der Waals surface area (Å²) in [6, 6.07) is -0.547. The molecule has 34 heavy (non-hydrogen) atoms. The largest absolute Gasteiger partial charge is 0.334 e. The highest BCUT2D eigenvalue weighted by atomic mass is 79.9. The molecule has 1 aromatic heterocycles. The number of amides is 1. The first-order valence-electron chi connectivity index (χ1n) is 12.0. The molecule has 1 saturated heterocycles. The molecule has 1 fully saturated rings. The number of ketones is 1. The summed E-state index contributed by atoms with van der Waals surface area (Å²) in [6.07, 6.45) is 13.8. The van der Waals surface area contributed by atoms with Crippen molar-refractivity contribution in [2.45, 2.75) is 64.5 Å². The molecule has 0 spiro atoms. The van der Waals surface area contributed by atoms with Gasteiger partial charge in [0.05, 0.1) is 23.1 Å². The van der Waals surface area contributed by atoms with Crippen molar-refractivity contribution in [3.63, 3.8) is 0 Å². The molecule has 182 valence electrons. The number of halogens is 2. The lowest BCUT2D eigenvalue weighted by atomic mass is 9.86. The number of aromatic nitrogens is 2. The molecule has 3 aliphatic rings. The van der Waals surface area contributed by atoms with Crippen molar-refractivity contribution in [1.82, 2.24) is 14.9 Å². The zero-order valence-electron chi connectivity index (χ0n) is 19.7. The highest BCUT2D eigenvalue weighted by Crippen LogP contribution is 2.38. The summed E-state index contributed by atoms with van der Waals surface area (Å²) in [4.78, 5) is 35.0. The van der Waals surface area contributed by atoms with Gasteiger partial charge in [0.25, 0.3) is 0 Å². The molecule has 2 unspecified atom stereocenters. The van der Waals surface area contributed by atoms with E-state index in [1.165, 1.54) is 16.7 Å². The smallest absolute Gasteiger partial charge is 0.240 e. The van der Waals surface area contributed by atoms with Gasteiger partial charge in [-0.05, 0) is 82.7 Å². The van der Waals surface area contributed by atoms with Gasteiger partial charge >= 0.3 is 0 Å². The number of H-pyrrole nitrogens is 1. The van der Waals surface area contributed by atoms with Crippen molar-refractivity contribution in [1.29, 1.82) is 0 Å². The molecule has 1 aliphatic heterocycles. The van der Waals surface area contributed by atoms with Crippen LogP contribution in [-0.4, -0.2) is 44.5 Å². The molecular weight excluding hydrogens is 560 g/mol. The van der Waals surface area contributed by atoms with Crippen molar-refractivity contribution in [2.24, 2.45) is 11.7 Å². The number of nitrogens with one attached hydrogen (secondary N) is 1. The predicted octanol–water partition coefficient (Wildman–Crippen LogP) is 5.53. The number of carbonyl (C=O) groups is 2. The fourth-order valence-electron chi connectivity index (χ4n) is 4.86. The number of imidazole rings is 1. The number of alkyl halides is 1. The fraction of sp³-hybridized carbons (Fsp3) is 0.500. The first-order valence-corrected chi connectivity index (χ1v) is 13.9. The third-order valence-electron chi connectivity index (χ3n) is 7.03. The number of hydrogen-bond donors (Lipinski definition) is 2. The molecule has 4 rings (SSSR count). The Balaban J connectivity index is 1.51.